The van der Waals surface area contributed by atoms with Gasteiger partial charge in [-0.3, -0.25) is 19.8 Å². The fourth-order valence-corrected chi connectivity index (χ4v) is 4.39. The van der Waals surface area contributed by atoms with Gasteiger partial charge in [-0.2, -0.15) is 0 Å². The quantitative estimate of drug-likeness (QED) is 0.613. The lowest BCUT2D eigenvalue weighted by Gasteiger charge is -2.53. The summed E-state index contributed by atoms with van der Waals surface area (Å²) in [4.78, 5) is 42.1. The van der Waals surface area contributed by atoms with E-state index < -0.39 is 29.3 Å². The number of hydrogen-bond acceptors (Lipinski definition) is 6. The Morgan fingerprint density at radius 3 is 2.93 bits per heavy atom. The van der Waals surface area contributed by atoms with E-state index in [1.807, 2.05) is 24.3 Å². The molecule has 1 aromatic rings. The van der Waals surface area contributed by atoms with Crippen LogP contribution in [-0.2, 0) is 25.5 Å². The second-order valence-corrected chi connectivity index (χ2v) is 7.12. The largest absolute Gasteiger partial charge is 0.385 e. The smallest absolute Gasteiger partial charge is 0.330 e. The molecule has 0 aromatic heterocycles. The van der Waals surface area contributed by atoms with E-state index in [0.29, 0.717) is 26.2 Å². The molecule has 0 saturated carbocycles. The minimum atomic E-state index is -1.37. The summed E-state index contributed by atoms with van der Waals surface area (Å²) in [5.74, 6) is -0.974. The van der Waals surface area contributed by atoms with Crippen molar-refractivity contribution in [3.8, 4) is 0 Å². The Morgan fingerprint density at radius 2 is 2.11 bits per heavy atom. The summed E-state index contributed by atoms with van der Waals surface area (Å²) in [5.41, 5.74) is 0.598. The van der Waals surface area contributed by atoms with Gasteiger partial charge in [0.05, 0.1) is 19.3 Å². The number of methoxy groups -OCH3 is 1. The number of imide groups is 2. The molecule has 1 aromatic carbocycles. The van der Waals surface area contributed by atoms with Crippen LogP contribution < -0.4 is 10.2 Å². The van der Waals surface area contributed by atoms with Crippen LogP contribution in [-0.4, -0.2) is 68.8 Å². The molecule has 27 heavy (non-hydrogen) atoms. The molecule has 144 valence electrons. The number of carbonyl (C=O) groups is 3. The van der Waals surface area contributed by atoms with Crippen molar-refractivity contribution in [1.29, 1.82) is 0 Å². The molecule has 4 amide bonds. The van der Waals surface area contributed by atoms with Crippen molar-refractivity contribution in [3.05, 3.63) is 29.8 Å². The molecule has 0 unspecified atom stereocenters. The molecule has 1 spiro atoms. The molecule has 2 fully saturated rings. The zero-order chi connectivity index (χ0) is 19.0. The number of benzene rings is 1. The fraction of sp³-hybridized carbons (Fsp3) is 0.526. The van der Waals surface area contributed by atoms with Crippen molar-refractivity contribution < 1.29 is 23.9 Å². The second kappa shape index (κ2) is 6.94. The first-order chi connectivity index (χ1) is 13.1. The van der Waals surface area contributed by atoms with E-state index in [9.17, 15) is 14.4 Å². The van der Waals surface area contributed by atoms with Gasteiger partial charge in [0.15, 0.2) is 5.41 Å². The number of barbiturate groups is 1. The third-order valence-electron chi connectivity index (χ3n) is 5.70. The number of nitrogens with one attached hydrogen (secondary N) is 1. The summed E-state index contributed by atoms with van der Waals surface area (Å²) in [5, 5.41) is 2.42. The zero-order valence-corrected chi connectivity index (χ0v) is 15.3. The summed E-state index contributed by atoms with van der Waals surface area (Å²) < 4.78 is 10.7. The lowest BCUT2D eigenvalue weighted by atomic mass is 9.68. The molecule has 0 bridgehead atoms. The van der Waals surface area contributed by atoms with Gasteiger partial charge in [-0.15, -0.1) is 0 Å². The van der Waals surface area contributed by atoms with Crippen molar-refractivity contribution in [2.45, 2.75) is 18.9 Å². The average molecular weight is 373 g/mol. The molecule has 8 nitrogen and oxygen atoms in total. The van der Waals surface area contributed by atoms with Gasteiger partial charge in [0.1, 0.15) is 0 Å². The molecule has 2 saturated heterocycles. The number of carbonyl (C=O) groups excluding carboxylic acids is 3. The highest BCUT2D eigenvalue weighted by atomic mass is 16.5. The van der Waals surface area contributed by atoms with Crippen molar-refractivity contribution in [2.75, 3.05) is 44.9 Å². The summed E-state index contributed by atoms with van der Waals surface area (Å²) in [6, 6.07) is 6.70. The van der Waals surface area contributed by atoms with E-state index >= 15 is 0 Å². The summed E-state index contributed by atoms with van der Waals surface area (Å²) in [6.07, 6.45) is 0.772. The average Bonchev–Trinajstić information content (AvgIpc) is 2.69. The molecular formula is C19H23N3O5. The summed E-state index contributed by atoms with van der Waals surface area (Å²) >= 11 is 0. The number of nitrogens with zero attached hydrogens (tertiary/aromatic N) is 2. The van der Waals surface area contributed by atoms with Crippen LogP contribution in [0.25, 0.3) is 0 Å². The van der Waals surface area contributed by atoms with Crippen molar-refractivity contribution in [3.63, 3.8) is 0 Å². The van der Waals surface area contributed by atoms with Crippen molar-refractivity contribution in [2.24, 2.45) is 5.41 Å². The number of rotatable bonds is 4. The van der Waals surface area contributed by atoms with Gasteiger partial charge in [-0.05, 0) is 24.5 Å². The van der Waals surface area contributed by atoms with Crippen LogP contribution in [0.5, 0.6) is 0 Å². The van der Waals surface area contributed by atoms with Crippen molar-refractivity contribution >= 4 is 23.5 Å². The highest BCUT2D eigenvalue weighted by Gasteiger charge is 2.62. The monoisotopic (exact) mass is 373 g/mol. The van der Waals surface area contributed by atoms with Crippen LogP contribution in [0.2, 0.25) is 0 Å². The molecule has 8 heteroatoms. The molecule has 1 N–H and O–H groups in total. The van der Waals surface area contributed by atoms with Crippen LogP contribution in [0.4, 0.5) is 10.5 Å². The van der Waals surface area contributed by atoms with E-state index in [1.54, 1.807) is 7.11 Å². The number of hydrogen-bond donors (Lipinski definition) is 1. The lowest BCUT2D eigenvalue weighted by Crippen LogP contribution is -2.74. The molecule has 0 radical (unpaired) electrons. The zero-order valence-electron chi connectivity index (χ0n) is 15.3. The first kappa shape index (κ1) is 17.9. The number of amides is 4. The van der Waals surface area contributed by atoms with Crippen LogP contribution in [0, 0.1) is 5.41 Å². The molecule has 3 aliphatic heterocycles. The number of morpholine rings is 1. The number of ether oxygens (including phenoxy) is 2. The first-order valence-corrected chi connectivity index (χ1v) is 9.18. The molecule has 3 heterocycles. The van der Waals surface area contributed by atoms with E-state index in [1.165, 1.54) is 0 Å². The van der Waals surface area contributed by atoms with E-state index in [-0.39, 0.29) is 19.6 Å². The normalized spacial score (nSPS) is 27.4. The Labute approximate surface area is 157 Å². The Bertz CT molecular complexity index is 782. The minimum Gasteiger partial charge on any atom is -0.385 e. The maximum atomic E-state index is 13.5. The minimum absolute atomic E-state index is 0.211. The Kier molecular flexibility index (Phi) is 4.61. The van der Waals surface area contributed by atoms with Crippen LogP contribution in [0.1, 0.15) is 12.0 Å². The maximum Gasteiger partial charge on any atom is 0.330 e. The standard InChI is InChI=1S/C19H23N3O5/c1-26-9-4-7-22-17(24)19(16(23)20-18(22)25)11-13-5-2-3-6-14(13)21-8-10-27-12-15(19)21/h2-3,5-6,15H,4,7-12H2,1H3,(H,20,23,25)/t15-,19+/m1/s1. The number of urea groups is 1. The molecule has 3 aliphatic rings. The van der Waals surface area contributed by atoms with E-state index in [4.69, 9.17) is 9.47 Å². The SMILES string of the molecule is COCCCN1C(=O)NC(=O)[C@@]2(Cc3ccccc3N3CCOC[C@@H]32)C1=O. The highest BCUT2D eigenvalue weighted by Crippen LogP contribution is 2.45. The van der Waals surface area contributed by atoms with Gasteiger partial charge in [0, 0.05) is 32.5 Å². The van der Waals surface area contributed by atoms with Crippen molar-refractivity contribution in [1.82, 2.24) is 10.2 Å². The predicted octanol–water partition coefficient (Wildman–Crippen LogP) is 0.549. The van der Waals surface area contributed by atoms with Crippen LogP contribution in [0.3, 0.4) is 0 Å². The number of para-hydroxylation sites is 1. The molecule has 0 aliphatic carbocycles. The van der Waals surface area contributed by atoms with Crippen LogP contribution in [0.15, 0.2) is 24.3 Å². The van der Waals surface area contributed by atoms with Gasteiger partial charge in [-0.1, -0.05) is 18.2 Å². The fourth-order valence-electron chi connectivity index (χ4n) is 4.39. The summed E-state index contributed by atoms with van der Waals surface area (Å²) in [7, 11) is 1.57. The summed E-state index contributed by atoms with van der Waals surface area (Å²) in [6.45, 7) is 2.05. The topological polar surface area (TPSA) is 88.2 Å². The van der Waals surface area contributed by atoms with Crippen LogP contribution >= 0.6 is 0 Å². The van der Waals surface area contributed by atoms with Gasteiger partial charge < -0.3 is 14.4 Å². The molecule has 2 atom stereocenters. The predicted molar refractivity (Wildman–Crippen MR) is 96.3 cm³/mol. The highest BCUT2D eigenvalue weighted by molar-refractivity contribution is 6.20. The van der Waals surface area contributed by atoms with Gasteiger partial charge in [-0.25, -0.2) is 4.79 Å². The maximum absolute atomic E-state index is 13.5. The number of fused-ring (bicyclic) bond motifs is 4. The lowest BCUT2D eigenvalue weighted by molar-refractivity contribution is -0.156. The van der Waals surface area contributed by atoms with Gasteiger partial charge in [0.2, 0.25) is 11.8 Å². The first-order valence-electron chi connectivity index (χ1n) is 9.18. The Hall–Kier alpha value is -2.45. The van der Waals surface area contributed by atoms with E-state index in [0.717, 1.165) is 16.2 Å². The van der Waals surface area contributed by atoms with Gasteiger partial charge in [0.25, 0.3) is 0 Å². The Morgan fingerprint density at radius 1 is 1.30 bits per heavy atom. The molecule has 4 rings (SSSR count). The third kappa shape index (κ3) is 2.71. The van der Waals surface area contributed by atoms with E-state index in [2.05, 4.69) is 10.2 Å². The second-order valence-electron chi connectivity index (χ2n) is 7.12. The van der Waals surface area contributed by atoms with Gasteiger partial charge >= 0.3 is 6.03 Å². The molecular weight excluding hydrogens is 350 g/mol. The number of anilines is 1. The third-order valence-corrected chi connectivity index (χ3v) is 5.70. The Balaban J connectivity index is 1.75.